The standard InChI is InChI=1S/C27H30N2O5/c1-2-7-17(24(30)29-14-18-12-27(18,16-29)25(31)32)13-28-26(33)34-15-23-21-10-5-3-8-19(21)20-9-4-6-11-22(20)23/h3-6,8-11,17-18,23H,2,7,12-16H2,1H3,(H,28,33)(H,31,32). The molecule has 2 aliphatic carbocycles. The van der Waals surface area contributed by atoms with Crippen LogP contribution in [0.1, 0.15) is 43.2 Å². The number of carbonyl (C=O) groups is 3. The van der Waals surface area contributed by atoms with Gasteiger partial charge in [0.25, 0.3) is 0 Å². The van der Waals surface area contributed by atoms with E-state index in [-0.39, 0.29) is 43.4 Å². The third-order valence-corrected chi connectivity index (χ3v) is 7.71. The summed E-state index contributed by atoms with van der Waals surface area (Å²) in [6.07, 6.45) is 1.54. The number of alkyl carbamates (subject to hydrolysis) is 1. The van der Waals surface area contributed by atoms with Crippen LogP contribution in [-0.4, -0.2) is 54.2 Å². The van der Waals surface area contributed by atoms with Gasteiger partial charge in [-0.1, -0.05) is 61.9 Å². The van der Waals surface area contributed by atoms with E-state index in [9.17, 15) is 19.5 Å². The number of nitrogens with zero attached hydrogens (tertiary/aromatic N) is 1. The fourth-order valence-corrected chi connectivity index (χ4v) is 5.76. The lowest BCUT2D eigenvalue weighted by atomic mass is 9.98. The minimum absolute atomic E-state index is 0.0187. The normalized spacial score (nSPS) is 23.0. The number of nitrogens with one attached hydrogen (secondary N) is 1. The molecular weight excluding hydrogens is 432 g/mol. The van der Waals surface area contributed by atoms with Gasteiger partial charge in [0.15, 0.2) is 0 Å². The summed E-state index contributed by atoms with van der Waals surface area (Å²) in [7, 11) is 0. The van der Waals surface area contributed by atoms with Crippen molar-refractivity contribution in [1.82, 2.24) is 10.2 Å². The Balaban J connectivity index is 1.17. The average Bonchev–Trinajstić information content (AvgIpc) is 3.27. The molecule has 3 atom stereocenters. The second-order valence-electron chi connectivity index (χ2n) is 9.77. The molecule has 0 aromatic heterocycles. The van der Waals surface area contributed by atoms with Crippen molar-refractivity contribution >= 4 is 18.0 Å². The zero-order valence-corrected chi connectivity index (χ0v) is 19.3. The van der Waals surface area contributed by atoms with Gasteiger partial charge in [-0.2, -0.15) is 0 Å². The molecule has 0 bridgehead atoms. The fourth-order valence-electron chi connectivity index (χ4n) is 5.76. The van der Waals surface area contributed by atoms with E-state index < -0.39 is 17.5 Å². The molecule has 3 unspecified atom stereocenters. The topological polar surface area (TPSA) is 95.9 Å². The molecular formula is C27H30N2O5. The van der Waals surface area contributed by atoms with Crippen molar-refractivity contribution in [3.05, 3.63) is 59.7 Å². The number of carboxylic acids is 1. The van der Waals surface area contributed by atoms with Gasteiger partial charge < -0.3 is 20.1 Å². The van der Waals surface area contributed by atoms with Gasteiger partial charge in [-0.05, 0) is 41.0 Å². The second-order valence-corrected chi connectivity index (χ2v) is 9.77. The van der Waals surface area contributed by atoms with Gasteiger partial charge in [0, 0.05) is 25.6 Å². The number of hydrogen-bond acceptors (Lipinski definition) is 4. The Morgan fingerprint density at radius 1 is 1.12 bits per heavy atom. The highest BCUT2D eigenvalue weighted by Crippen LogP contribution is 2.58. The Kier molecular flexibility index (Phi) is 5.80. The summed E-state index contributed by atoms with van der Waals surface area (Å²) in [6.45, 7) is 3.17. The first-order valence-corrected chi connectivity index (χ1v) is 12.1. The molecule has 0 spiro atoms. The Morgan fingerprint density at radius 3 is 2.35 bits per heavy atom. The summed E-state index contributed by atoms with van der Waals surface area (Å²) in [5, 5.41) is 12.3. The summed E-state index contributed by atoms with van der Waals surface area (Å²) < 4.78 is 5.59. The van der Waals surface area contributed by atoms with E-state index in [1.165, 1.54) is 11.1 Å². The Hall–Kier alpha value is -3.35. The fraction of sp³-hybridized carbons (Fsp3) is 0.444. The van der Waals surface area contributed by atoms with Gasteiger partial charge in [0.2, 0.25) is 5.91 Å². The van der Waals surface area contributed by atoms with E-state index in [0.717, 1.165) is 17.5 Å². The molecule has 5 rings (SSSR count). The number of benzene rings is 2. The molecule has 34 heavy (non-hydrogen) atoms. The van der Waals surface area contributed by atoms with Crippen molar-refractivity contribution in [2.45, 2.75) is 32.1 Å². The van der Waals surface area contributed by atoms with Crippen LogP contribution in [0.15, 0.2) is 48.5 Å². The van der Waals surface area contributed by atoms with Gasteiger partial charge in [-0.25, -0.2) is 4.79 Å². The van der Waals surface area contributed by atoms with Crippen LogP contribution in [0.2, 0.25) is 0 Å². The van der Waals surface area contributed by atoms with Crippen LogP contribution < -0.4 is 5.32 Å². The largest absolute Gasteiger partial charge is 0.481 e. The van der Waals surface area contributed by atoms with Crippen LogP contribution in [0.3, 0.4) is 0 Å². The van der Waals surface area contributed by atoms with Crippen LogP contribution >= 0.6 is 0 Å². The van der Waals surface area contributed by atoms with E-state index in [2.05, 4.69) is 29.6 Å². The molecule has 2 N–H and O–H groups in total. The van der Waals surface area contributed by atoms with Crippen molar-refractivity contribution in [2.75, 3.05) is 26.2 Å². The molecule has 1 saturated carbocycles. The maximum atomic E-state index is 13.1. The monoisotopic (exact) mass is 462 g/mol. The number of aliphatic carboxylic acids is 1. The Morgan fingerprint density at radius 2 is 1.76 bits per heavy atom. The van der Waals surface area contributed by atoms with Crippen molar-refractivity contribution in [3.63, 3.8) is 0 Å². The zero-order chi connectivity index (χ0) is 23.9. The number of amides is 2. The second kappa shape index (κ2) is 8.78. The summed E-state index contributed by atoms with van der Waals surface area (Å²) in [5.74, 6) is -1.22. The molecule has 2 aromatic rings. The highest BCUT2D eigenvalue weighted by molar-refractivity contribution is 5.85. The lowest BCUT2D eigenvalue weighted by molar-refractivity contribution is -0.144. The van der Waals surface area contributed by atoms with Crippen LogP contribution in [-0.2, 0) is 14.3 Å². The average molecular weight is 463 g/mol. The lowest BCUT2D eigenvalue weighted by Gasteiger charge is -2.25. The number of carbonyl (C=O) groups excluding carboxylic acids is 2. The molecule has 2 aromatic carbocycles. The van der Waals surface area contributed by atoms with Crippen molar-refractivity contribution < 1.29 is 24.2 Å². The number of piperidine rings is 1. The molecule has 7 nitrogen and oxygen atoms in total. The molecule has 1 heterocycles. The van der Waals surface area contributed by atoms with Gasteiger partial charge >= 0.3 is 12.1 Å². The number of ether oxygens (including phenoxy) is 1. The van der Waals surface area contributed by atoms with Crippen LogP contribution in [0, 0.1) is 17.3 Å². The van der Waals surface area contributed by atoms with E-state index >= 15 is 0 Å². The molecule has 2 amide bonds. The number of likely N-dealkylation sites (tertiary alicyclic amines) is 1. The lowest BCUT2D eigenvalue weighted by Crippen LogP contribution is -2.42. The molecule has 178 valence electrons. The molecule has 0 radical (unpaired) electrons. The van der Waals surface area contributed by atoms with Crippen molar-refractivity contribution in [3.8, 4) is 11.1 Å². The number of rotatable bonds is 8. The molecule has 1 aliphatic heterocycles. The van der Waals surface area contributed by atoms with Gasteiger partial charge in [0.1, 0.15) is 6.61 Å². The SMILES string of the molecule is CCCC(CNC(=O)OCC1c2ccccc2-c2ccccc21)C(=O)N1CC2CC2(C(=O)O)C1. The predicted octanol–water partition coefficient (Wildman–Crippen LogP) is 3.87. The van der Waals surface area contributed by atoms with E-state index in [1.54, 1.807) is 4.90 Å². The molecule has 7 heteroatoms. The smallest absolute Gasteiger partial charge is 0.407 e. The van der Waals surface area contributed by atoms with E-state index in [1.807, 2.05) is 31.2 Å². The minimum atomic E-state index is -0.809. The van der Waals surface area contributed by atoms with E-state index in [0.29, 0.717) is 19.4 Å². The van der Waals surface area contributed by atoms with Gasteiger partial charge in [0.05, 0.1) is 11.3 Å². The third-order valence-electron chi connectivity index (χ3n) is 7.71. The summed E-state index contributed by atoms with van der Waals surface area (Å²) in [5.41, 5.74) is 3.89. The third kappa shape index (κ3) is 3.83. The quantitative estimate of drug-likeness (QED) is 0.621. The Bertz CT molecular complexity index is 1090. The predicted molar refractivity (Wildman–Crippen MR) is 126 cm³/mol. The first-order chi connectivity index (χ1) is 16.4. The minimum Gasteiger partial charge on any atom is -0.481 e. The summed E-state index contributed by atoms with van der Waals surface area (Å²) >= 11 is 0. The highest BCUT2D eigenvalue weighted by Gasteiger charge is 2.66. The summed E-state index contributed by atoms with van der Waals surface area (Å²) in [4.78, 5) is 38.8. The van der Waals surface area contributed by atoms with Crippen LogP contribution in [0.4, 0.5) is 4.79 Å². The van der Waals surface area contributed by atoms with Crippen LogP contribution in [0.5, 0.6) is 0 Å². The van der Waals surface area contributed by atoms with Crippen molar-refractivity contribution in [2.24, 2.45) is 17.3 Å². The number of fused-ring (bicyclic) bond motifs is 4. The molecule has 1 saturated heterocycles. The number of carboxylic acid groups (broad SMARTS) is 1. The van der Waals surface area contributed by atoms with Crippen LogP contribution in [0.25, 0.3) is 11.1 Å². The van der Waals surface area contributed by atoms with Crippen molar-refractivity contribution in [1.29, 1.82) is 0 Å². The van der Waals surface area contributed by atoms with E-state index in [4.69, 9.17) is 4.74 Å². The maximum absolute atomic E-state index is 13.1. The highest BCUT2D eigenvalue weighted by atomic mass is 16.5. The maximum Gasteiger partial charge on any atom is 0.407 e. The molecule has 3 aliphatic rings. The van der Waals surface area contributed by atoms with Gasteiger partial charge in [-0.3, -0.25) is 9.59 Å². The zero-order valence-electron chi connectivity index (χ0n) is 19.3. The first-order valence-electron chi connectivity index (χ1n) is 12.1. The van der Waals surface area contributed by atoms with Gasteiger partial charge in [-0.15, -0.1) is 0 Å². The number of hydrogen-bond donors (Lipinski definition) is 2. The Labute approximate surface area is 199 Å². The summed E-state index contributed by atoms with van der Waals surface area (Å²) in [6, 6.07) is 16.3. The molecule has 2 fully saturated rings. The first kappa shape index (κ1) is 22.4.